The van der Waals surface area contributed by atoms with E-state index in [1.807, 2.05) is 13.0 Å². The van der Waals surface area contributed by atoms with E-state index in [1.165, 1.54) is 7.11 Å². The lowest BCUT2D eigenvalue weighted by Crippen LogP contribution is -2.07. The molecule has 0 aliphatic carbocycles. The van der Waals surface area contributed by atoms with E-state index in [1.54, 1.807) is 12.1 Å². The fourth-order valence-corrected chi connectivity index (χ4v) is 1.54. The first-order chi connectivity index (χ1) is 9.10. The molecule has 6 heteroatoms. The summed E-state index contributed by atoms with van der Waals surface area (Å²) in [6.07, 6.45) is 2.09. The predicted molar refractivity (Wildman–Crippen MR) is 67.8 cm³/mol. The molecular formula is C13H12FN3O2. The van der Waals surface area contributed by atoms with Crippen LogP contribution in [0, 0.1) is 12.7 Å². The average Bonchev–Trinajstić information content (AvgIpc) is 2.42. The highest BCUT2D eigenvalue weighted by Gasteiger charge is 2.12. The van der Waals surface area contributed by atoms with Crippen LogP contribution in [-0.2, 0) is 4.74 Å². The van der Waals surface area contributed by atoms with Gasteiger partial charge in [-0.05, 0) is 19.1 Å². The van der Waals surface area contributed by atoms with Crippen LogP contribution in [0.2, 0.25) is 0 Å². The number of carbonyl (C=O) groups is 1. The van der Waals surface area contributed by atoms with Crippen molar-refractivity contribution in [2.24, 2.45) is 0 Å². The highest BCUT2D eigenvalue weighted by Crippen LogP contribution is 2.21. The van der Waals surface area contributed by atoms with Crippen molar-refractivity contribution in [3.8, 4) is 0 Å². The lowest BCUT2D eigenvalue weighted by atomic mass is 10.1. The molecule has 0 amide bonds. The van der Waals surface area contributed by atoms with Crippen molar-refractivity contribution in [2.75, 3.05) is 12.4 Å². The van der Waals surface area contributed by atoms with Crippen LogP contribution in [0.4, 0.5) is 16.0 Å². The Labute approximate surface area is 109 Å². The second-order valence-electron chi connectivity index (χ2n) is 3.89. The molecule has 1 aromatic carbocycles. The van der Waals surface area contributed by atoms with E-state index in [0.29, 0.717) is 11.3 Å². The Morgan fingerprint density at radius 1 is 1.32 bits per heavy atom. The third-order valence-electron chi connectivity index (χ3n) is 2.45. The molecule has 0 aliphatic heterocycles. The highest BCUT2D eigenvalue weighted by atomic mass is 19.1. The van der Waals surface area contributed by atoms with Crippen molar-refractivity contribution in [2.45, 2.75) is 6.92 Å². The van der Waals surface area contributed by atoms with Crippen molar-refractivity contribution in [1.29, 1.82) is 0 Å². The zero-order valence-electron chi connectivity index (χ0n) is 10.5. The van der Waals surface area contributed by atoms with Gasteiger partial charge in [-0.25, -0.2) is 19.2 Å². The molecule has 19 heavy (non-hydrogen) atoms. The number of anilines is 2. The molecule has 98 valence electrons. The Balaban J connectivity index is 2.34. The number of benzene rings is 1. The standard InChI is InChI=1S/C13H12FN3O2/c1-8-3-4-11(10(5-8)12(18)19-2)17-13-15-6-9(14)7-16-13/h3-7H,1-2H3,(H,15,16,17). The quantitative estimate of drug-likeness (QED) is 0.860. The molecule has 1 heterocycles. The van der Waals surface area contributed by atoms with Gasteiger partial charge < -0.3 is 10.1 Å². The fraction of sp³-hybridized carbons (Fsp3) is 0.154. The smallest absolute Gasteiger partial charge is 0.339 e. The maximum Gasteiger partial charge on any atom is 0.339 e. The Bertz CT molecular complexity index is 599. The largest absolute Gasteiger partial charge is 0.465 e. The molecule has 2 aromatic rings. The molecule has 5 nitrogen and oxygen atoms in total. The summed E-state index contributed by atoms with van der Waals surface area (Å²) < 4.78 is 17.4. The summed E-state index contributed by atoms with van der Waals surface area (Å²) in [4.78, 5) is 19.2. The summed E-state index contributed by atoms with van der Waals surface area (Å²) in [5.41, 5.74) is 1.80. The average molecular weight is 261 g/mol. The third-order valence-corrected chi connectivity index (χ3v) is 2.45. The SMILES string of the molecule is COC(=O)c1cc(C)ccc1Nc1ncc(F)cn1. The Kier molecular flexibility index (Phi) is 3.70. The number of hydrogen-bond acceptors (Lipinski definition) is 5. The molecular weight excluding hydrogens is 249 g/mol. The Morgan fingerprint density at radius 2 is 2.00 bits per heavy atom. The summed E-state index contributed by atoms with van der Waals surface area (Å²) in [7, 11) is 1.31. The number of aromatic nitrogens is 2. The fourth-order valence-electron chi connectivity index (χ4n) is 1.54. The van der Waals surface area contributed by atoms with Crippen LogP contribution in [0.3, 0.4) is 0 Å². The third kappa shape index (κ3) is 3.04. The van der Waals surface area contributed by atoms with E-state index < -0.39 is 11.8 Å². The van der Waals surface area contributed by atoms with Gasteiger partial charge in [0.2, 0.25) is 5.95 Å². The number of aryl methyl sites for hydroxylation is 1. The zero-order valence-corrected chi connectivity index (χ0v) is 10.5. The number of halogens is 1. The van der Waals surface area contributed by atoms with Gasteiger partial charge in [-0.2, -0.15) is 0 Å². The van der Waals surface area contributed by atoms with Gasteiger partial charge >= 0.3 is 5.97 Å². The topological polar surface area (TPSA) is 64.1 Å². The van der Waals surface area contributed by atoms with Gasteiger partial charge in [-0.1, -0.05) is 11.6 Å². The molecule has 0 radical (unpaired) electrons. The van der Waals surface area contributed by atoms with Gasteiger partial charge in [0.25, 0.3) is 0 Å². The lowest BCUT2D eigenvalue weighted by Gasteiger charge is -2.10. The summed E-state index contributed by atoms with van der Waals surface area (Å²) in [6.45, 7) is 1.87. The van der Waals surface area contributed by atoms with Crippen molar-refractivity contribution >= 4 is 17.6 Å². The van der Waals surface area contributed by atoms with Gasteiger partial charge in [-0.3, -0.25) is 0 Å². The van der Waals surface area contributed by atoms with Crippen molar-refractivity contribution in [3.05, 3.63) is 47.5 Å². The first-order valence-corrected chi connectivity index (χ1v) is 5.53. The molecule has 0 spiro atoms. The van der Waals surface area contributed by atoms with Gasteiger partial charge in [-0.15, -0.1) is 0 Å². The van der Waals surface area contributed by atoms with E-state index >= 15 is 0 Å². The molecule has 0 unspecified atom stereocenters. The number of methoxy groups -OCH3 is 1. The molecule has 0 saturated carbocycles. The van der Waals surface area contributed by atoms with E-state index in [0.717, 1.165) is 18.0 Å². The number of hydrogen-bond donors (Lipinski definition) is 1. The highest BCUT2D eigenvalue weighted by molar-refractivity contribution is 5.96. The van der Waals surface area contributed by atoms with Gasteiger partial charge in [0, 0.05) is 0 Å². The minimum atomic E-state index is -0.525. The Morgan fingerprint density at radius 3 is 2.63 bits per heavy atom. The summed E-state index contributed by atoms with van der Waals surface area (Å²) in [5, 5.41) is 2.85. The van der Waals surface area contributed by atoms with Crippen molar-refractivity contribution in [1.82, 2.24) is 9.97 Å². The van der Waals surface area contributed by atoms with Gasteiger partial charge in [0.15, 0.2) is 5.82 Å². The monoisotopic (exact) mass is 261 g/mol. The maximum atomic E-state index is 12.7. The second kappa shape index (κ2) is 5.43. The van der Waals surface area contributed by atoms with Crippen LogP contribution >= 0.6 is 0 Å². The second-order valence-corrected chi connectivity index (χ2v) is 3.89. The predicted octanol–water partition coefficient (Wildman–Crippen LogP) is 2.45. The first kappa shape index (κ1) is 12.9. The normalized spacial score (nSPS) is 10.1. The number of nitrogens with one attached hydrogen (secondary N) is 1. The summed E-state index contributed by atoms with van der Waals surface area (Å²) in [6, 6.07) is 5.24. The van der Waals surface area contributed by atoms with E-state index in [4.69, 9.17) is 4.74 Å². The molecule has 0 saturated heterocycles. The van der Waals surface area contributed by atoms with E-state index in [9.17, 15) is 9.18 Å². The van der Waals surface area contributed by atoms with Crippen LogP contribution in [0.15, 0.2) is 30.6 Å². The number of rotatable bonds is 3. The summed E-state index contributed by atoms with van der Waals surface area (Å²) in [5.74, 6) is -0.786. The first-order valence-electron chi connectivity index (χ1n) is 5.53. The van der Waals surface area contributed by atoms with Gasteiger partial charge in [0.1, 0.15) is 0 Å². The van der Waals surface area contributed by atoms with Gasteiger partial charge in [0.05, 0.1) is 30.8 Å². The lowest BCUT2D eigenvalue weighted by molar-refractivity contribution is 0.0602. The Hall–Kier alpha value is -2.50. The number of ether oxygens (including phenoxy) is 1. The molecule has 1 aromatic heterocycles. The van der Waals surface area contributed by atoms with Crippen molar-refractivity contribution < 1.29 is 13.9 Å². The van der Waals surface area contributed by atoms with Crippen LogP contribution in [0.1, 0.15) is 15.9 Å². The minimum Gasteiger partial charge on any atom is -0.465 e. The minimum absolute atomic E-state index is 0.204. The van der Waals surface area contributed by atoms with E-state index in [-0.39, 0.29) is 5.95 Å². The number of esters is 1. The molecule has 1 N–H and O–H groups in total. The molecule has 0 aliphatic rings. The van der Waals surface area contributed by atoms with Crippen LogP contribution in [0.5, 0.6) is 0 Å². The summed E-state index contributed by atoms with van der Waals surface area (Å²) >= 11 is 0. The maximum absolute atomic E-state index is 12.7. The number of nitrogens with zero attached hydrogens (tertiary/aromatic N) is 2. The molecule has 0 bridgehead atoms. The van der Waals surface area contributed by atoms with Crippen LogP contribution in [-0.4, -0.2) is 23.0 Å². The van der Waals surface area contributed by atoms with Crippen molar-refractivity contribution in [3.63, 3.8) is 0 Å². The molecule has 0 atom stereocenters. The zero-order chi connectivity index (χ0) is 13.8. The van der Waals surface area contributed by atoms with E-state index in [2.05, 4.69) is 15.3 Å². The number of carbonyl (C=O) groups excluding carboxylic acids is 1. The van der Waals surface area contributed by atoms with Crippen LogP contribution in [0.25, 0.3) is 0 Å². The van der Waals surface area contributed by atoms with Crippen LogP contribution < -0.4 is 5.32 Å². The molecule has 0 fully saturated rings. The molecule has 2 rings (SSSR count).